The monoisotopic (exact) mass is 612 g/mol. The highest BCUT2D eigenvalue weighted by Gasteiger charge is 2.18. The van der Waals surface area contributed by atoms with Crippen LogP contribution in [0, 0.1) is 0 Å². The highest BCUT2D eigenvalue weighted by Crippen LogP contribution is 2.44. The van der Waals surface area contributed by atoms with E-state index in [0.717, 1.165) is 0 Å². The summed E-state index contributed by atoms with van der Waals surface area (Å²) in [6.45, 7) is 0. The first-order valence-corrected chi connectivity index (χ1v) is 17.8. The molecule has 0 saturated carbocycles. The Morgan fingerprint density at radius 3 is 1.49 bits per heavy atom. The van der Waals surface area contributed by atoms with Gasteiger partial charge in [0.1, 0.15) is 0 Å². The SMILES string of the molecule is c1ccc([SiH2]c2ccc3c(-c4ccc5ccccc5c4)c4ccccc4c(-c4cccc(-c5ccc6ccccc6c5)c4)c3c2)cc1. The van der Waals surface area contributed by atoms with Gasteiger partial charge in [-0.25, -0.2) is 0 Å². The van der Waals surface area contributed by atoms with E-state index >= 15 is 0 Å². The van der Waals surface area contributed by atoms with Crippen LogP contribution in [0.15, 0.2) is 182 Å². The van der Waals surface area contributed by atoms with Gasteiger partial charge in [-0.05, 0) is 94.7 Å². The zero-order chi connectivity index (χ0) is 31.2. The molecule has 9 aromatic carbocycles. The summed E-state index contributed by atoms with van der Waals surface area (Å²) in [5.74, 6) is 0. The second-order valence-electron chi connectivity index (χ2n) is 12.5. The Morgan fingerprint density at radius 2 is 0.766 bits per heavy atom. The maximum Gasteiger partial charge on any atom is 0.0875 e. The summed E-state index contributed by atoms with van der Waals surface area (Å²) in [6.07, 6.45) is 0. The minimum atomic E-state index is -0.642. The molecule has 220 valence electrons. The number of benzene rings is 9. The molecule has 0 aliphatic carbocycles. The molecule has 1 heteroatoms. The molecule has 0 bridgehead atoms. The predicted octanol–water partition coefficient (Wildman–Crippen LogP) is 10.4. The van der Waals surface area contributed by atoms with E-state index in [-0.39, 0.29) is 0 Å². The lowest BCUT2D eigenvalue weighted by Gasteiger charge is -2.19. The van der Waals surface area contributed by atoms with Crippen molar-refractivity contribution in [2.45, 2.75) is 0 Å². The maximum atomic E-state index is 2.50. The van der Waals surface area contributed by atoms with E-state index in [2.05, 4.69) is 182 Å². The number of hydrogen-bond acceptors (Lipinski definition) is 0. The van der Waals surface area contributed by atoms with Crippen molar-refractivity contribution in [2.24, 2.45) is 0 Å². The van der Waals surface area contributed by atoms with Crippen LogP contribution in [0.1, 0.15) is 0 Å². The van der Waals surface area contributed by atoms with E-state index in [1.807, 2.05) is 0 Å². The molecule has 9 aromatic rings. The molecule has 0 aliphatic heterocycles. The normalized spacial score (nSPS) is 11.7. The van der Waals surface area contributed by atoms with Crippen LogP contribution in [0.25, 0.3) is 76.5 Å². The second-order valence-corrected chi connectivity index (χ2v) is 14.5. The molecule has 0 saturated heterocycles. The van der Waals surface area contributed by atoms with Gasteiger partial charge in [0.25, 0.3) is 0 Å². The minimum Gasteiger partial charge on any atom is -0.0633 e. The smallest absolute Gasteiger partial charge is 0.0633 e. The highest BCUT2D eigenvalue weighted by atomic mass is 28.2. The summed E-state index contributed by atoms with van der Waals surface area (Å²) in [5.41, 5.74) is 7.60. The first-order valence-electron chi connectivity index (χ1n) is 16.4. The molecule has 0 unspecified atom stereocenters. The van der Waals surface area contributed by atoms with Gasteiger partial charge in [-0.3, -0.25) is 0 Å². The molecule has 47 heavy (non-hydrogen) atoms. The topological polar surface area (TPSA) is 0 Å². The van der Waals surface area contributed by atoms with Crippen molar-refractivity contribution in [3.05, 3.63) is 182 Å². The van der Waals surface area contributed by atoms with Crippen LogP contribution in [-0.2, 0) is 0 Å². The fraction of sp³-hybridized carbons (Fsp3) is 0. The van der Waals surface area contributed by atoms with Gasteiger partial charge < -0.3 is 0 Å². The van der Waals surface area contributed by atoms with Crippen LogP contribution in [0.4, 0.5) is 0 Å². The van der Waals surface area contributed by atoms with Gasteiger partial charge in [0.05, 0.1) is 9.52 Å². The first-order chi connectivity index (χ1) is 23.3. The summed E-state index contributed by atoms with van der Waals surface area (Å²) in [7, 11) is -0.642. The Morgan fingerprint density at radius 1 is 0.255 bits per heavy atom. The van der Waals surface area contributed by atoms with Crippen LogP contribution in [0.5, 0.6) is 0 Å². The van der Waals surface area contributed by atoms with Crippen LogP contribution in [0.2, 0.25) is 0 Å². The van der Waals surface area contributed by atoms with Gasteiger partial charge in [0, 0.05) is 0 Å². The van der Waals surface area contributed by atoms with Crippen molar-refractivity contribution in [1.82, 2.24) is 0 Å². The van der Waals surface area contributed by atoms with Crippen LogP contribution in [-0.4, -0.2) is 9.52 Å². The molecule has 0 fully saturated rings. The summed E-state index contributed by atoms with van der Waals surface area (Å²) in [4.78, 5) is 0. The minimum absolute atomic E-state index is 0.642. The molecular weight excluding hydrogens is 581 g/mol. The molecule has 9 rings (SSSR count). The molecule has 0 nitrogen and oxygen atoms in total. The van der Waals surface area contributed by atoms with Crippen LogP contribution >= 0.6 is 0 Å². The van der Waals surface area contributed by atoms with Crippen molar-refractivity contribution in [2.75, 3.05) is 0 Å². The van der Waals surface area contributed by atoms with E-state index in [9.17, 15) is 0 Å². The third-order valence-corrected chi connectivity index (χ3v) is 11.3. The van der Waals surface area contributed by atoms with Crippen LogP contribution < -0.4 is 10.4 Å². The van der Waals surface area contributed by atoms with E-state index in [1.54, 1.807) is 0 Å². The van der Waals surface area contributed by atoms with Crippen molar-refractivity contribution in [3.8, 4) is 33.4 Å². The van der Waals surface area contributed by atoms with Gasteiger partial charge in [-0.15, -0.1) is 0 Å². The van der Waals surface area contributed by atoms with Gasteiger partial charge in [0.15, 0.2) is 0 Å². The maximum absolute atomic E-state index is 2.50. The second kappa shape index (κ2) is 11.5. The number of fused-ring (bicyclic) bond motifs is 4. The number of hydrogen-bond donors (Lipinski definition) is 0. The molecule has 0 radical (unpaired) electrons. The molecule has 0 heterocycles. The first kappa shape index (κ1) is 27.5. The average Bonchev–Trinajstić information content (AvgIpc) is 3.14. The van der Waals surface area contributed by atoms with E-state index < -0.39 is 9.52 Å². The molecule has 0 atom stereocenters. The molecule has 0 aromatic heterocycles. The van der Waals surface area contributed by atoms with E-state index in [0.29, 0.717) is 0 Å². The van der Waals surface area contributed by atoms with Crippen molar-refractivity contribution in [1.29, 1.82) is 0 Å². The lowest BCUT2D eigenvalue weighted by atomic mass is 9.85. The molecule has 0 spiro atoms. The van der Waals surface area contributed by atoms with Crippen molar-refractivity contribution >= 4 is 63.0 Å². The zero-order valence-corrected chi connectivity index (χ0v) is 27.4. The summed E-state index contributed by atoms with van der Waals surface area (Å²) in [5, 5.41) is 13.2. The standard InChI is InChI=1S/C46H32Si/c1-2-17-39(18-3-1)47-40-25-26-43-44(30-40)46(37-16-10-15-35(29-37)36-23-21-31-11-4-6-13-33(31)27-36)42-20-9-8-19-41(42)45(43)38-24-22-32-12-5-7-14-34(32)28-38/h1-30H,47H2. The Bertz CT molecular complexity index is 2600. The van der Waals surface area contributed by atoms with Gasteiger partial charge in [0.2, 0.25) is 0 Å². The largest absolute Gasteiger partial charge is 0.0875 e. The Labute approximate surface area is 277 Å². The third-order valence-electron chi connectivity index (χ3n) is 9.61. The number of rotatable bonds is 5. The molecule has 0 amide bonds. The summed E-state index contributed by atoms with van der Waals surface area (Å²) < 4.78 is 0. The van der Waals surface area contributed by atoms with Crippen molar-refractivity contribution < 1.29 is 0 Å². The Kier molecular flexibility index (Phi) is 6.77. The summed E-state index contributed by atoms with van der Waals surface area (Å²) in [6, 6.07) is 67.5. The Balaban J connectivity index is 1.31. The molecule has 0 aliphatic rings. The Hall–Kier alpha value is -5.76. The molecular formula is C46H32Si. The van der Waals surface area contributed by atoms with E-state index in [4.69, 9.17) is 0 Å². The summed E-state index contributed by atoms with van der Waals surface area (Å²) >= 11 is 0. The van der Waals surface area contributed by atoms with Gasteiger partial charge in [-0.2, -0.15) is 0 Å². The quantitative estimate of drug-likeness (QED) is 0.134. The predicted molar refractivity (Wildman–Crippen MR) is 207 cm³/mol. The van der Waals surface area contributed by atoms with Gasteiger partial charge >= 0.3 is 0 Å². The fourth-order valence-electron chi connectivity index (χ4n) is 7.36. The lowest BCUT2D eigenvalue weighted by Crippen LogP contribution is -2.26. The fourth-order valence-corrected chi connectivity index (χ4v) is 8.88. The molecule has 0 N–H and O–H groups in total. The average molecular weight is 613 g/mol. The third kappa shape index (κ3) is 5.02. The van der Waals surface area contributed by atoms with Gasteiger partial charge in [-0.1, -0.05) is 174 Å². The lowest BCUT2D eigenvalue weighted by molar-refractivity contribution is 1.63. The van der Waals surface area contributed by atoms with E-state index in [1.165, 1.54) is 86.8 Å². The van der Waals surface area contributed by atoms with Crippen molar-refractivity contribution in [3.63, 3.8) is 0 Å². The van der Waals surface area contributed by atoms with Crippen LogP contribution in [0.3, 0.4) is 0 Å². The highest BCUT2D eigenvalue weighted by molar-refractivity contribution is 6.67. The zero-order valence-electron chi connectivity index (χ0n) is 26.0.